The van der Waals surface area contributed by atoms with E-state index in [0.717, 1.165) is 41.7 Å². The third-order valence-corrected chi connectivity index (χ3v) is 5.15. The molecule has 0 saturated carbocycles. The summed E-state index contributed by atoms with van der Waals surface area (Å²) in [5.41, 5.74) is 2.33. The van der Waals surface area contributed by atoms with E-state index in [0.29, 0.717) is 0 Å². The summed E-state index contributed by atoms with van der Waals surface area (Å²) in [5.74, 6) is 0. The van der Waals surface area contributed by atoms with E-state index in [1.54, 1.807) is 0 Å². The number of rotatable bonds is 4. The molecule has 108 valence electrons. The molecule has 0 aromatic carbocycles. The van der Waals surface area contributed by atoms with Crippen molar-refractivity contribution in [2.45, 2.75) is 46.1 Å². The number of ether oxygens (including phenoxy) is 1. The van der Waals surface area contributed by atoms with E-state index >= 15 is 0 Å². The average Bonchev–Trinajstić information content (AvgIpc) is 2.65. The van der Waals surface area contributed by atoms with Crippen molar-refractivity contribution in [1.29, 1.82) is 0 Å². The zero-order chi connectivity index (χ0) is 14.0. The number of hydrogen-bond acceptors (Lipinski definition) is 3. The molecule has 1 aromatic heterocycles. The topological polar surface area (TPSA) is 30.3 Å². The number of hydrogen-bond donors (Lipinski definition) is 0. The predicted molar refractivity (Wildman–Crippen MR) is 83.7 cm³/mol. The molecule has 6 heteroatoms. The van der Waals surface area contributed by atoms with Gasteiger partial charge in [-0.05, 0) is 36.7 Å². The van der Waals surface area contributed by atoms with Crippen LogP contribution in [0, 0.1) is 6.92 Å². The molecule has 2 heterocycles. The lowest BCUT2D eigenvalue weighted by molar-refractivity contribution is -0.0684. The Balaban J connectivity index is 2.12. The SMILES string of the molecule is CCn1nc(C)c(Br)c1CN1CC(C)OC(CBr)C1. The van der Waals surface area contributed by atoms with Crippen LogP contribution >= 0.6 is 31.9 Å². The molecule has 1 fully saturated rings. The van der Waals surface area contributed by atoms with Crippen molar-refractivity contribution in [3.05, 3.63) is 15.9 Å². The van der Waals surface area contributed by atoms with Gasteiger partial charge in [0.1, 0.15) is 0 Å². The van der Waals surface area contributed by atoms with Crippen LogP contribution in [0.4, 0.5) is 0 Å². The maximum atomic E-state index is 5.87. The van der Waals surface area contributed by atoms with Crippen molar-refractivity contribution in [3.63, 3.8) is 0 Å². The minimum Gasteiger partial charge on any atom is -0.372 e. The smallest absolute Gasteiger partial charge is 0.0802 e. The molecule has 0 N–H and O–H groups in total. The molecule has 1 aromatic rings. The molecule has 0 radical (unpaired) electrons. The van der Waals surface area contributed by atoms with E-state index in [4.69, 9.17) is 4.74 Å². The fraction of sp³-hybridized carbons (Fsp3) is 0.769. The zero-order valence-corrected chi connectivity index (χ0v) is 14.9. The van der Waals surface area contributed by atoms with Crippen molar-refractivity contribution < 1.29 is 4.74 Å². The number of morpholine rings is 1. The zero-order valence-electron chi connectivity index (χ0n) is 11.7. The van der Waals surface area contributed by atoms with E-state index in [-0.39, 0.29) is 12.2 Å². The summed E-state index contributed by atoms with van der Waals surface area (Å²) >= 11 is 7.19. The van der Waals surface area contributed by atoms with E-state index in [2.05, 4.69) is 60.4 Å². The quantitative estimate of drug-likeness (QED) is 0.735. The normalized spacial score (nSPS) is 24.9. The second kappa shape index (κ2) is 6.70. The van der Waals surface area contributed by atoms with E-state index < -0.39 is 0 Å². The van der Waals surface area contributed by atoms with Crippen LogP contribution in [0.5, 0.6) is 0 Å². The lowest BCUT2D eigenvalue weighted by Gasteiger charge is -2.36. The third-order valence-electron chi connectivity index (χ3n) is 3.40. The largest absolute Gasteiger partial charge is 0.372 e. The number of aryl methyl sites for hydroxylation is 2. The van der Waals surface area contributed by atoms with Gasteiger partial charge in [-0.2, -0.15) is 5.10 Å². The molecule has 4 nitrogen and oxygen atoms in total. The lowest BCUT2D eigenvalue weighted by Crippen LogP contribution is -2.47. The van der Waals surface area contributed by atoms with Crippen molar-refractivity contribution in [2.75, 3.05) is 18.4 Å². The Morgan fingerprint density at radius 2 is 2.16 bits per heavy atom. The lowest BCUT2D eigenvalue weighted by atomic mass is 10.2. The van der Waals surface area contributed by atoms with Gasteiger partial charge >= 0.3 is 0 Å². The Labute approximate surface area is 131 Å². The highest BCUT2D eigenvalue weighted by atomic mass is 79.9. The summed E-state index contributed by atoms with van der Waals surface area (Å²) in [5, 5.41) is 5.44. The summed E-state index contributed by atoms with van der Waals surface area (Å²) < 4.78 is 9.10. The number of aromatic nitrogens is 2. The van der Waals surface area contributed by atoms with Gasteiger partial charge in [0.15, 0.2) is 0 Å². The van der Waals surface area contributed by atoms with Crippen LogP contribution in [-0.4, -0.2) is 45.3 Å². The Hall–Kier alpha value is 0.0900. The monoisotopic (exact) mass is 393 g/mol. The molecule has 1 aliphatic rings. The van der Waals surface area contributed by atoms with E-state index in [1.165, 1.54) is 5.69 Å². The first-order valence-corrected chi connectivity index (χ1v) is 8.62. The molecule has 2 atom stereocenters. The maximum absolute atomic E-state index is 5.87. The van der Waals surface area contributed by atoms with Crippen LogP contribution in [0.25, 0.3) is 0 Å². The summed E-state index contributed by atoms with van der Waals surface area (Å²) in [6.07, 6.45) is 0.566. The third kappa shape index (κ3) is 3.60. The Morgan fingerprint density at radius 3 is 2.79 bits per heavy atom. The summed E-state index contributed by atoms with van der Waals surface area (Å²) in [6.45, 7) is 10.1. The highest BCUT2D eigenvalue weighted by molar-refractivity contribution is 9.10. The van der Waals surface area contributed by atoms with Gasteiger partial charge in [0.05, 0.1) is 28.1 Å². The van der Waals surface area contributed by atoms with Crippen LogP contribution < -0.4 is 0 Å². The molecule has 0 bridgehead atoms. The van der Waals surface area contributed by atoms with Gasteiger partial charge in [0.25, 0.3) is 0 Å². The van der Waals surface area contributed by atoms with Gasteiger partial charge in [-0.3, -0.25) is 9.58 Å². The maximum Gasteiger partial charge on any atom is 0.0802 e. The number of halogens is 2. The molecule has 1 aliphatic heterocycles. The fourth-order valence-electron chi connectivity index (χ4n) is 2.59. The van der Waals surface area contributed by atoms with Crippen molar-refractivity contribution in [3.8, 4) is 0 Å². The van der Waals surface area contributed by atoms with Crippen molar-refractivity contribution in [2.24, 2.45) is 0 Å². The van der Waals surface area contributed by atoms with Crippen molar-refractivity contribution >= 4 is 31.9 Å². The highest BCUT2D eigenvalue weighted by Gasteiger charge is 2.26. The van der Waals surface area contributed by atoms with E-state index in [9.17, 15) is 0 Å². The second-order valence-electron chi connectivity index (χ2n) is 5.08. The van der Waals surface area contributed by atoms with Crippen molar-refractivity contribution in [1.82, 2.24) is 14.7 Å². The molecule has 0 spiro atoms. The van der Waals surface area contributed by atoms with Gasteiger partial charge in [-0.1, -0.05) is 15.9 Å². The minimum atomic E-state index is 0.279. The highest BCUT2D eigenvalue weighted by Crippen LogP contribution is 2.24. The Bertz CT molecular complexity index is 436. The standard InChI is InChI=1S/C13H21Br2N3O/c1-4-18-12(13(15)10(3)16-18)8-17-6-9(2)19-11(5-14)7-17/h9,11H,4-8H2,1-3H3. The molecule has 1 saturated heterocycles. The van der Waals surface area contributed by atoms with Gasteiger partial charge in [0, 0.05) is 31.5 Å². The van der Waals surface area contributed by atoms with Gasteiger partial charge in [0.2, 0.25) is 0 Å². The molecule has 0 aliphatic carbocycles. The van der Waals surface area contributed by atoms with E-state index in [1.807, 2.05) is 6.92 Å². The molecule has 19 heavy (non-hydrogen) atoms. The fourth-order valence-corrected chi connectivity index (χ4v) is 3.35. The first-order chi connectivity index (χ1) is 9.05. The first-order valence-electron chi connectivity index (χ1n) is 6.70. The number of alkyl halides is 1. The molecule has 2 rings (SSSR count). The van der Waals surface area contributed by atoms with Gasteiger partial charge < -0.3 is 4.74 Å². The summed E-state index contributed by atoms with van der Waals surface area (Å²) in [6, 6.07) is 0. The Morgan fingerprint density at radius 1 is 1.42 bits per heavy atom. The molecule has 2 unspecified atom stereocenters. The summed E-state index contributed by atoms with van der Waals surface area (Å²) in [7, 11) is 0. The summed E-state index contributed by atoms with van der Waals surface area (Å²) in [4.78, 5) is 2.45. The van der Waals surface area contributed by atoms with Crippen LogP contribution in [0.15, 0.2) is 4.47 Å². The Kier molecular flexibility index (Phi) is 5.45. The minimum absolute atomic E-state index is 0.279. The average molecular weight is 395 g/mol. The predicted octanol–water partition coefficient (Wildman–Crippen LogP) is 2.96. The van der Waals surface area contributed by atoms with Gasteiger partial charge in [-0.15, -0.1) is 0 Å². The molecular formula is C13H21Br2N3O. The molecule has 0 amide bonds. The first kappa shape index (κ1) is 15.5. The van der Waals surface area contributed by atoms with Gasteiger partial charge in [-0.25, -0.2) is 0 Å². The second-order valence-corrected chi connectivity index (χ2v) is 6.52. The van der Waals surface area contributed by atoms with Crippen LogP contribution in [0.3, 0.4) is 0 Å². The number of nitrogens with zero attached hydrogens (tertiary/aromatic N) is 3. The van der Waals surface area contributed by atoms with Crippen LogP contribution in [0.2, 0.25) is 0 Å². The van der Waals surface area contributed by atoms with Crippen LogP contribution in [0.1, 0.15) is 25.2 Å². The van der Waals surface area contributed by atoms with Crippen LogP contribution in [-0.2, 0) is 17.8 Å². The molecular weight excluding hydrogens is 374 g/mol.